The number of esters is 2. The number of nitrogens with zero attached hydrogens (tertiary/aromatic N) is 7. The summed E-state index contributed by atoms with van der Waals surface area (Å²) in [7, 11) is -9.04. The van der Waals surface area contributed by atoms with E-state index in [-0.39, 0.29) is 59.3 Å². The van der Waals surface area contributed by atoms with Crippen LogP contribution in [0.15, 0.2) is 104 Å². The van der Waals surface area contributed by atoms with Crippen LogP contribution < -0.4 is 26.0 Å². The smallest absolute Gasteiger partial charge is 0.417 e. The maximum absolute atomic E-state index is 13.3. The molecule has 7 rings (SSSR count). The number of nitrogen functional groups attached to an aromatic ring is 1. The Kier molecular flexibility index (Phi) is 18.9. The third-order valence-corrected chi connectivity index (χ3v) is 12.5. The third kappa shape index (κ3) is 14.8. The first-order chi connectivity index (χ1) is 35.6. The first-order valence-corrected chi connectivity index (χ1v) is 24.5. The van der Waals surface area contributed by atoms with E-state index in [9.17, 15) is 62.4 Å². The number of aryl methyl sites for hydroxylation is 2. The molecule has 7 aromatic rings. The average molecular weight is 1150 g/mol. The molecule has 0 radical (unpaired) electrons. The van der Waals surface area contributed by atoms with E-state index in [1.54, 1.807) is 33.1 Å². The summed E-state index contributed by atoms with van der Waals surface area (Å²) < 4.78 is 154. The summed E-state index contributed by atoms with van der Waals surface area (Å²) in [5.74, 6) is 1.30. The number of alkyl halides is 6. The molecule has 404 valence electrons. The van der Waals surface area contributed by atoms with Crippen molar-refractivity contribution in [2.75, 3.05) is 28.0 Å². The molecule has 0 bridgehead atoms. The molecule has 2 amide bonds. The number of pyridine rings is 2. The van der Waals surface area contributed by atoms with Gasteiger partial charge in [-0.2, -0.15) is 26.3 Å². The van der Waals surface area contributed by atoms with Crippen LogP contribution in [0.1, 0.15) is 57.2 Å². The number of halogens is 8. The molecule has 0 unspecified atom stereocenters. The molecule has 0 atom stereocenters. The monoisotopic (exact) mass is 1150 g/mol. The van der Waals surface area contributed by atoms with E-state index in [1.807, 2.05) is 4.72 Å². The highest BCUT2D eigenvalue weighted by atomic mass is 35.5. The SMILES string of the molecule is CCOC(=O)C(=O)Nc1ccon1.CCOC(=O)c1nnc(-c2ncc(C)cc2NS(=O)(=O)c2ccc(Cl)c(C(F)(F)F)c2)n1-c1ccon1.Cc1cnc(C(=O)NN)c(NS(=O)(=O)c2ccc(Cl)c(C(F)(F)F)c2)c1. The second-order valence-corrected chi connectivity index (χ2v) is 18.8. The Labute approximate surface area is 434 Å². The fourth-order valence-corrected chi connectivity index (χ4v) is 8.47. The van der Waals surface area contributed by atoms with Gasteiger partial charge in [-0.15, -0.1) is 10.2 Å². The van der Waals surface area contributed by atoms with Crippen LogP contribution in [0.25, 0.3) is 17.3 Å². The van der Waals surface area contributed by atoms with Crippen LogP contribution in [0.2, 0.25) is 10.0 Å². The van der Waals surface area contributed by atoms with E-state index >= 15 is 0 Å². The van der Waals surface area contributed by atoms with Gasteiger partial charge in [-0.05, 0) is 87.4 Å². The minimum absolute atomic E-state index is 0.0364. The Hall–Kier alpha value is -8.20. The number of nitrogens with two attached hydrogens (primary N) is 1. The van der Waals surface area contributed by atoms with Crippen LogP contribution in [0, 0.1) is 13.8 Å². The summed E-state index contributed by atoms with van der Waals surface area (Å²) in [5, 5.41) is 15.8. The molecule has 0 saturated carbocycles. The number of aromatic nitrogens is 7. The van der Waals surface area contributed by atoms with Crippen LogP contribution in [0.5, 0.6) is 0 Å². The van der Waals surface area contributed by atoms with E-state index in [2.05, 4.69) is 49.8 Å². The van der Waals surface area contributed by atoms with Crippen molar-refractivity contribution in [2.24, 2.45) is 5.84 Å². The predicted molar refractivity (Wildman–Crippen MR) is 252 cm³/mol. The molecule has 34 heteroatoms. The fraction of sp³-hybridized carbons (Fsp3) is 0.190. The van der Waals surface area contributed by atoms with Gasteiger partial charge < -0.3 is 18.5 Å². The van der Waals surface area contributed by atoms with Crippen molar-refractivity contribution in [3.63, 3.8) is 0 Å². The first kappa shape index (κ1) is 58.7. The topological polar surface area (TPSA) is 338 Å². The summed E-state index contributed by atoms with van der Waals surface area (Å²) in [6.45, 7) is 6.59. The highest BCUT2D eigenvalue weighted by Crippen LogP contribution is 2.38. The van der Waals surface area contributed by atoms with Gasteiger partial charge in [-0.3, -0.25) is 34.8 Å². The number of carbonyl (C=O) groups is 4. The van der Waals surface area contributed by atoms with Crippen molar-refractivity contribution < 1.29 is 80.9 Å². The fourth-order valence-electron chi connectivity index (χ4n) is 5.85. The molecule has 0 spiro atoms. The number of anilines is 3. The zero-order chi connectivity index (χ0) is 56.3. The maximum atomic E-state index is 13.3. The number of nitrogens with one attached hydrogen (secondary N) is 4. The Bertz CT molecular complexity index is 3480. The molecule has 0 saturated heterocycles. The van der Waals surface area contributed by atoms with Gasteiger partial charge in [0.05, 0.1) is 55.6 Å². The van der Waals surface area contributed by atoms with Crippen molar-refractivity contribution in [1.82, 2.24) is 40.5 Å². The molecule has 5 heterocycles. The Morgan fingerprint density at radius 1 is 0.711 bits per heavy atom. The quantitative estimate of drug-likeness (QED) is 0.0195. The Morgan fingerprint density at radius 2 is 1.24 bits per heavy atom. The Morgan fingerprint density at radius 3 is 1.74 bits per heavy atom. The Balaban J connectivity index is 0.000000236. The number of hydrogen-bond donors (Lipinski definition) is 5. The number of hydrazine groups is 1. The predicted octanol–water partition coefficient (Wildman–Crippen LogP) is 6.92. The number of amides is 2. The van der Waals surface area contributed by atoms with Gasteiger partial charge in [0.15, 0.2) is 23.2 Å². The van der Waals surface area contributed by atoms with E-state index in [1.165, 1.54) is 49.2 Å². The van der Waals surface area contributed by atoms with E-state index < -0.39 is 87.1 Å². The van der Waals surface area contributed by atoms with Gasteiger partial charge in [-0.1, -0.05) is 33.5 Å². The second-order valence-electron chi connectivity index (χ2n) is 14.6. The van der Waals surface area contributed by atoms with Crippen molar-refractivity contribution in [3.8, 4) is 17.3 Å². The largest absolute Gasteiger partial charge is 0.460 e. The summed E-state index contributed by atoms with van der Waals surface area (Å²) in [6.07, 6.45) is -4.52. The normalized spacial score (nSPS) is 11.5. The van der Waals surface area contributed by atoms with Crippen molar-refractivity contribution >= 4 is 84.2 Å². The van der Waals surface area contributed by atoms with Gasteiger partial charge in [0.1, 0.15) is 18.2 Å². The summed E-state index contributed by atoms with van der Waals surface area (Å²) in [4.78, 5) is 52.5. The number of benzene rings is 2. The van der Waals surface area contributed by atoms with Crippen LogP contribution in [-0.2, 0) is 51.5 Å². The molecule has 24 nitrogen and oxygen atoms in total. The minimum atomic E-state index is -4.88. The van der Waals surface area contributed by atoms with Crippen LogP contribution in [0.4, 0.5) is 43.5 Å². The molecule has 5 aromatic heterocycles. The first-order valence-electron chi connectivity index (χ1n) is 20.8. The summed E-state index contributed by atoms with van der Waals surface area (Å²) >= 11 is 11.1. The van der Waals surface area contributed by atoms with Gasteiger partial charge >= 0.3 is 30.2 Å². The lowest BCUT2D eigenvalue weighted by Crippen LogP contribution is -2.32. The molecular weight excluding hydrogens is 1110 g/mol. The second kappa shape index (κ2) is 24.4. The number of carbonyl (C=O) groups excluding carboxylic acids is 4. The van der Waals surface area contributed by atoms with Crippen molar-refractivity contribution in [3.05, 3.63) is 129 Å². The highest BCUT2D eigenvalue weighted by molar-refractivity contribution is 7.93. The zero-order valence-electron chi connectivity index (χ0n) is 38.9. The van der Waals surface area contributed by atoms with E-state index in [4.69, 9.17) is 38.3 Å². The molecule has 0 aliphatic carbocycles. The van der Waals surface area contributed by atoms with Gasteiger partial charge in [0.25, 0.3) is 26.0 Å². The van der Waals surface area contributed by atoms with Crippen LogP contribution in [-0.4, -0.2) is 88.8 Å². The number of ether oxygens (including phenoxy) is 2. The lowest BCUT2D eigenvalue weighted by molar-refractivity contribution is -0.152. The molecule has 76 heavy (non-hydrogen) atoms. The maximum Gasteiger partial charge on any atom is 0.417 e. The van der Waals surface area contributed by atoms with Crippen molar-refractivity contribution in [2.45, 2.75) is 49.8 Å². The number of rotatable bonds is 13. The highest BCUT2D eigenvalue weighted by Gasteiger charge is 2.36. The minimum Gasteiger partial charge on any atom is -0.460 e. The van der Waals surface area contributed by atoms with Gasteiger partial charge in [0, 0.05) is 24.5 Å². The standard InChI is InChI=1S/C21H16ClF3N6O5S.C14H12ClF3N4O3S.C7H8N2O4/c1-3-35-20(32)19-28-27-18(31(19)16-6-7-36-29-16)17-15(8-11(2)10-26-17)30-37(33,34)12-4-5-14(22)13(9-12)21(23,24)25;1-7-4-11(12(20-6-7)13(23)21-19)22-26(24,25)8-2-3-10(15)9(5-8)14(16,17)18;1-2-12-7(11)6(10)8-5-3-4-13-9-5/h4-10,30H,3H2,1-2H3;2-6,22H,19H2,1H3,(H,21,23);3-4H,2H2,1H3,(H,8,9,10). The summed E-state index contributed by atoms with van der Waals surface area (Å²) in [5.41, 5.74) is -0.650. The molecule has 0 aliphatic heterocycles. The van der Waals surface area contributed by atoms with E-state index in [0.717, 1.165) is 28.8 Å². The van der Waals surface area contributed by atoms with Gasteiger partial charge in [-0.25, -0.2) is 41.8 Å². The average Bonchev–Trinajstić information content (AvgIpc) is 4.15. The molecule has 0 fully saturated rings. The lowest BCUT2D eigenvalue weighted by atomic mass is 10.2. The van der Waals surface area contributed by atoms with E-state index in [0.29, 0.717) is 23.3 Å². The van der Waals surface area contributed by atoms with Crippen LogP contribution >= 0.6 is 23.2 Å². The third-order valence-electron chi connectivity index (χ3n) is 9.12. The molecule has 6 N–H and O–H groups in total. The zero-order valence-corrected chi connectivity index (χ0v) is 42.1. The molecule has 2 aromatic carbocycles. The molecular formula is C42H36Cl2F6N12O12S2. The summed E-state index contributed by atoms with van der Waals surface area (Å²) in [6, 6.07) is 9.79. The number of sulfonamides is 2. The van der Waals surface area contributed by atoms with Gasteiger partial charge in [0.2, 0.25) is 5.82 Å². The van der Waals surface area contributed by atoms with Crippen LogP contribution in [0.3, 0.4) is 0 Å². The lowest BCUT2D eigenvalue weighted by Gasteiger charge is -2.15. The molecule has 0 aliphatic rings. The number of hydrogen-bond acceptors (Lipinski definition) is 19. The van der Waals surface area contributed by atoms with Crippen molar-refractivity contribution in [1.29, 1.82) is 0 Å².